The summed E-state index contributed by atoms with van der Waals surface area (Å²) < 4.78 is 0. The van der Waals surface area contributed by atoms with Gasteiger partial charge in [-0.3, -0.25) is 0 Å². The van der Waals surface area contributed by atoms with Crippen molar-refractivity contribution in [2.24, 2.45) is 11.3 Å². The molecule has 1 fully saturated rings. The molecular weight excluding hydrogens is 603 g/mol. The van der Waals surface area contributed by atoms with Crippen LogP contribution in [0.4, 0.5) is 40.2 Å². The fraction of sp³-hybridized carbons (Fsp3) is 0.357. The lowest BCUT2D eigenvalue weighted by molar-refractivity contribution is -0.155. The first-order chi connectivity index (χ1) is 24.0. The highest BCUT2D eigenvalue weighted by molar-refractivity contribution is 5.90. The van der Waals surface area contributed by atoms with Crippen LogP contribution in [0.3, 0.4) is 0 Å². The molecule has 0 amide bonds. The van der Waals surface area contributed by atoms with Crippen molar-refractivity contribution < 1.29 is 0 Å². The third-order valence-electron chi connectivity index (χ3n) is 12.9. The van der Waals surface area contributed by atoms with Crippen LogP contribution in [0.15, 0.2) is 103 Å². The Morgan fingerprint density at radius 3 is 2.18 bits per heavy atom. The largest absolute Gasteiger partial charge is 0.345 e. The SMILES string of the molecule is CCc1cnc2c(n1)N(c1ccccc1)C1C3C(c4ccccc4N21)C1(CC)c2ccccc2N2c4ncccc4N(C(C)C)C2C31CC. The fourth-order valence-electron chi connectivity index (χ4n) is 11.5. The maximum Gasteiger partial charge on any atom is 0.178 e. The number of fused-ring (bicyclic) bond motifs is 18. The lowest BCUT2D eigenvalue weighted by Gasteiger charge is -2.78. The second kappa shape index (κ2) is 10.1. The van der Waals surface area contributed by atoms with E-state index in [1.807, 2.05) is 12.4 Å². The highest BCUT2D eigenvalue weighted by Crippen LogP contribution is 2.82. The van der Waals surface area contributed by atoms with E-state index in [2.05, 4.69) is 145 Å². The van der Waals surface area contributed by atoms with Gasteiger partial charge >= 0.3 is 0 Å². The summed E-state index contributed by atoms with van der Waals surface area (Å²) in [6.07, 6.45) is 6.98. The lowest BCUT2D eigenvalue weighted by Crippen LogP contribution is -2.82. The van der Waals surface area contributed by atoms with Crippen molar-refractivity contribution in [3.05, 3.63) is 120 Å². The molecule has 0 N–H and O–H groups in total. The summed E-state index contributed by atoms with van der Waals surface area (Å²) >= 11 is 0. The van der Waals surface area contributed by atoms with Gasteiger partial charge < -0.3 is 19.6 Å². The topological polar surface area (TPSA) is 51.6 Å². The van der Waals surface area contributed by atoms with E-state index in [1.54, 1.807) is 0 Å². The predicted octanol–water partition coefficient (Wildman–Crippen LogP) is 9.23. The normalized spacial score (nSPS) is 28.1. The zero-order valence-electron chi connectivity index (χ0n) is 29.0. The number of hydrogen-bond acceptors (Lipinski definition) is 7. The monoisotopic (exact) mass is 645 g/mol. The first-order valence-corrected chi connectivity index (χ1v) is 18.2. The third-order valence-corrected chi connectivity index (χ3v) is 12.9. The van der Waals surface area contributed by atoms with Crippen molar-refractivity contribution in [3.8, 4) is 0 Å². The third kappa shape index (κ3) is 3.23. The molecule has 3 aromatic carbocycles. The van der Waals surface area contributed by atoms with Gasteiger partial charge in [0.2, 0.25) is 0 Å². The molecule has 2 aromatic heterocycles. The molecule has 6 unspecified atom stereocenters. The first-order valence-electron chi connectivity index (χ1n) is 18.2. The Balaban J connectivity index is 1.32. The smallest absolute Gasteiger partial charge is 0.178 e. The van der Waals surface area contributed by atoms with E-state index in [1.165, 1.54) is 33.9 Å². The zero-order chi connectivity index (χ0) is 33.2. The summed E-state index contributed by atoms with van der Waals surface area (Å²) in [4.78, 5) is 26.2. The van der Waals surface area contributed by atoms with Crippen LogP contribution >= 0.6 is 0 Å². The molecule has 0 bridgehead atoms. The highest BCUT2D eigenvalue weighted by Gasteiger charge is 2.82. The molecule has 0 spiro atoms. The van der Waals surface area contributed by atoms with Crippen molar-refractivity contribution in [3.63, 3.8) is 0 Å². The van der Waals surface area contributed by atoms with E-state index < -0.39 is 0 Å². The number of aromatic nitrogens is 3. The van der Waals surface area contributed by atoms with Crippen LogP contribution in [-0.4, -0.2) is 33.3 Å². The fourth-order valence-corrected chi connectivity index (χ4v) is 11.5. The molecule has 6 atom stereocenters. The molecule has 10 rings (SSSR count). The molecule has 5 aromatic rings. The van der Waals surface area contributed by atoms with Crippen molar-refractivity contribution in [1.82, 2.24) is 15.0 Å². The van der Waals surface area contributed by atoms with Crippen LogP contribution in [0.2, 0.25) is 0 Å². The van der Waals surface area contributed by atoms with Crippen molar-refractivity contribution in [1.29, 1.82) is 0 Å². The average molecular weight is 646 g/mol. The Morgan fingerprint density at radius 2 is 1.43 bits per heavy atom. The summed E-state index contributed by atoms with van der Waals surface area (Å²) in [5.41, 5.74) is 8.65. The number of pyridine rings is 1. The zero-order valence-corrected chi connectivity index (χ0v) is 29.0. The Hall–Kier alpha value is -4.91. The molecular formula is C42H43N7. The van der Waals surface area contributed by atoms with Gasteiger partial charge in [0.1, 0.15) is 12.3 Å². The molecule has 0 radical (unpaired) electrons. The Kier molecular flexibility index (Phi) is 5.97. The maximum atomic E-state index is 5.37. The number of nitrogens with zero attached hydrogens (tertiary/aromatic N) is 7. The Morgan fingerprint density at radius 1 is 0.694 bits per heavy atom. The van der Waals surface area contributed by atoms with Crippen LogP contribution in [-0.2, 0) is 11.8 Å². The van der Waals surface area contributed by atoms with Crippen molar-refractivity contribution in [2.45, 2.75) is 83.6 Å². The minimum Gasteiger partial charge on any atom is -0.345 e. The summed E-state index contributed by atoms with van der Waals surface area (Å²) in [5, 5.41) is 0. The van der Waals surface area contributed by atoms with E-state index in [-0.39, 0.29) is 35.1 Å². The number of aryl methyl sites for hydroxylation is 1. The highest BCUT2D eigenvalue weighted by atomic mass is 15.5. The minimum absolute atomic E-state index is 0.00169. The number of hydrogen-bond donors (Lipinski definition) is 0. The van der Waals surface area contributed by atoms with Gasteiger partial charge in [0, 0.05) is 52.0 Å². The first kappa shape index (κ1) is 29.0. The van der Waals surface area contributed by atoms with Gasteiger partial charge in [0.05, 0.1) is 17.6 Å². The van der Waals surface area contributed by atoms with E-state index in [0.29, 0.717) is 5.92 Å². The van der Waals surface area contributed by atoms with Gasteiger partial charge in [-0.15, -0.1) is 0 Å². The van der Waals surface area contributed by atoms with Crippen LogP contribution in [0.25, 0.3) is 0 Å². The lowest BCUT2D eigenvalue weighted by atomic mass is 9.30. The molecule has 5 aliphatic rings. The second-order valence-corrected chi connectivity index (χ2v) is 14.7. The molecule has 49 heavy (non-hydrogen) atoms. The van der Waals surface area contributed by atoms with Crippen LogP contribution in [0.1, 0.15) is 70.2 Å². The Labute approximate surface area is 289 Å². The molecule has 6 heterocycles. The Bertz CT molecular complexity index is 2110. The van der Waals surface area contributed by atoms with Crippen molar-refractivity contribution in [2.75, 3.05) is 19.6 Å². The molecule has 1 aliphatic carbocycles. The van der Waals surface area contributed by atoms with Gasteiger partial charge in [-0.2, -0.15) is 0 Å². The van der Waals surface area contributed by atoms with E-state index in [9.17, 15) is 0 Å². The number of para-hydroxylation sites is 3. The van der Waals surface area contributed by atoms with Crippen LogP contribution in [0, 0.1) is 11.3 Å². The van der Waals surface area contributed by atoms with Crippen LogP contribution < -0.4 is 19.6 Å². The molecule has 246 valence electrons. The summed E-state index contributed by atoms with van der Waals surface area (Å²) in [7, 11) is 0. The number of anilines is 7. The van der Waals surface area contributed by atoms with Gasteiger partial charge in [0.25, 0.3) is 0 Å². The molecule has 7 nitrogen and oxygen atoms in total. The number of rotatable bonds is 5. The van der Waals surface area contributed by atoms with Gasteiger partial charge in [-0.25, -0.2) is 15.0 Å². The predicted molar refractivity (Wildman–Crippen MR) is 198 cm³/mol. The average Bonchev–Trinajstić information content (AvgIpc) is 3.66. The standard InChI is InChI=1S/C42H43N7/c1-6-27-25-44-37-38(45-27)47(28-17-10-9-11-18-28)39-35-34(29-19-12-14-21-31(29)48(37)39)41(7-2)30-20-13-15-22-32(30)49-36-33(23-16-24-43-36)46(26(4)5)40(49)42(35,41)8-3/h9-26,34-35,39-40H,6-8H2,1-5H3. The maximum absolute atomic E-state index is 5.37. The summed E-state index contributed by atoms with van der Waals surface area (Å²) in [5.74, 6) is 3.56. The van der Waals surface area contributed by atoms with E-state index in [4.69, 9.17) is 15.0 Å². The minimum atomic E-state index is -0.148. The van der Waals surface area contributed by atoms with Gasteiger partial charge in [0.15, 0.2) is 17.5 Å². The molecule has 1 saturated carbocycles. The number of benzene rings is 3. The second-order valence-electron chi connectivity index (χ2n) is 14.7. The summed E-state index contributed by atoms with van der Waals surface area (Å²) in [6.45, 7) is 11.8. The van der Waals surface area contributed by atoms with E-state index in [0.717, 1.165) is 42.4 Å². The van der Waals surface area contributed by atoms with Crippen LogP contribution in [0.5, 0.6) is 0 Å². The molecule has 4 aliphatic heterocycles. The molecule has 7 heteroatoms. The van der Waals surface area contributed by atoms with Crippen molar-refractivity contribution >= 4 is 40.2 Å². The van der Waals surface area contributed by atoms with E-state index >= 15 is 0 Å². The quantitative estimate of drug-likeness (QED) is 0.189. The summed E-state index contributed by atoms with van der Waals surface area (Å²) in [6, 6.07) is 34.1. The van der Waals surface area contributed by atoms with Gasteiger partial charge in [-0.05, 0) is 80.6 Å². The van der Waals surface area contributed by atoms with Gasteiger partial charge in [-0.1, -0.05) is 75.4 Å². The molecule has 0 saturated heterocycles.